The standard InChI is InChI=1S/C9H17NS2/c1-2-3-6-12(11-9-10)7-4-5-8-12/h2-8H2,1H3. The molecule has 0 radical (unpaired) electrons. The fraction of sp³-hybridized carbons (Fsp3) is 0.889. The molecule has 0 spiro atoms. The molecule has 0 bridgehead atoms. The molecule has 1 rings (SSSR count). The van der Waals surface area contributed by atoms with Gasteiger partial charge in [-0.3, -0.25) is 0 Å². The molecule has 1 aliphatic rings. The molecule has 12 heavy (non-hydrogen) atoms. The van der Waals surface area contributed by atoms with Gasteiger partial charge in [-0.15, -0.1) is 0 Å². The van der Waals surface area contributed by atoms with Gasteiger partial charge in [-0.1, -0.05) is 13.3 Å². The minimum Gasteiger partial charge on any atom is -0.184 e. The van der Waals surface area contributed by atoms with Crippen molar-refractivity contribution in [1.29, 1.82) is 5.26 Å². The number of thiocyanates is 1. The van der Waals surface area contributed by atoms with Crippen LogP contribution in [0.2, 0.25) is 0 Å². The fourth-order valence-electron chi connectivity index (χ4n) is 1.65. The van der Waals surface area contributed by atoms with E-state index in [1.165, 1.54) is 42.9 Å². The number of unbranched alkanes of at least 4 members (excludes halogenated alkanes) is 1. The quantitative estimate of drug-likeness (QED) is 0.515. The first-order valence-corrected chi connectivity index (χ1v) is 8.14. The SMILES string of the molecule is CCCCS1(SC#N)CCCC1. The molecule has 0 amide bonds. The van der Waals surface area contributed by atoms with Gasteiger partial charge in [0.05, 0.1) is 0 Å². The van der Waals surface area contributed by atoms with E-state index in [-0.39, 0.29) is 0 Å². The molecule has 0 unspecified atom stereocenters. The van der Waals surface area contributed by atoms with Gasteiger partial charge in [-0.2, -0.15) is 14.3 Å². The lowest BCUT2D eigenvalue weighted by Gasteiger charge is -2.30. The Morgan fingerprint density at radius 2 is 2.08 bits per heavy atom. The summed E-state index contributed by atoms with van der Waals surface area (Å²) in [7, 11) is 1.10. The van der Waals surface area contributed by atoms with Crippen LogP contribution in [-0.4, -0.2) is 17.3 Å². The van der Waals surface area contributed by atoms with Crippen LogP contribution in [0.25, 0.3) is 0 Å². The maximum absolute atomic E-state index is 8.73. The van der Waals surface area contributed by atoms with Crippen LogP contribution in [0.1, 0.15) is 32.6 Å². The van der Waals surface area contributed by atoms with Gasteiger partial charge in [0.25, 0.3) is 0 Å². The van der Waals surface area contributed by atoms with Crippen LogP contribution in [0.5, 0.6) is 0 Å². The highest BCUT2D eigenvalue weighted by atomic mass is 33.2. The Kier molecular flexibility index (Phi) is 4.31. The summed E-state index contributed by atoms with van der Waals surface area (Å²) in [5.74, 6) is 4.04. The molecule has 0 aliphatic carbocycles. The smallest absolute Gasteiger partial charge is 0.143 e. The summed E-state index contributed by atoms with van der Waals surface area (Å²) in [4.78, 5) is 0. The van der Waals surface area contributed by atoms with E-state index in [1.54, 1.807) is 10.8 Å². The van der Waals surface area contributed by atoms with E-state index in [0.717, 1.165) is 0 Å². The first kappa shape index (κ1) is 10.3. The maximum atomic E-state index is 8.73. The van der Waals surface area contributed by atoms with Gasteiger partial charge in [0.15, 0.2) is 0 Å². The first-order valence-electron chi connectivity index (χ1n) is 4.67. The van der Waals surface area contributed by atoms with Crippen LogP contribution in [0.3, 0.4) is 0 Å². The Balaban J connectivity index is 2.42. The lowest BCUT2D eigenvalue weighted by molar-refractivity contribution is 0.893. The molecule has 3 heteroatoms. The molecule has 0 aromatic heterocycles. The predicted molar refractivity (Wildman–Crippen MR) is 59.5 cm³/mol. The summed E-state index contributed by atoms with van der Waals surface area (Å²) in [5.41, 5.74) is 0. The lowest BCUT2D eigenvalue weighted by atomic mass is 10.4. The van der Waals surface area contributed by atoms with E-state index in [2.05, 4.69) is 12.3 Å². The third-order valence-corrected chi connectivity index (χ3v) is 8.68. The van der Waals surface area contributed by atoms with Crippen molar-refractivity contribution in [3.05, 3.63) is 0 Å². The highest BCUT2D eigenvalue weighted by molar-refractivity contribution is 8.95. The summed E-state index contributed by atoms with van der Waals surface area (Å²) in [6.07, 6.45) is 5.34. The van der Waals surface area contributed by atoms with Crippen molar-refractivity contribution in [1.82, 2.24) is 0 Å². The van der Waals surface area contributed by atoms with E-state index in [0.29, 0.717) is 0 Å². The van der Waals surface area contributed by atoms with Gasteiger partial charge in [0.1, 0.15) is 5.40 Å². The average molecular weight is 203 g/mol. The van der Waals surface area contributed by atoms with Crippen molar-refractivity contribution in [2.45, 2.75) is 32.6 Å². The Bertz CT molecular complexity index is 168. The second kappa shape index (κ2) is 5.04. The van der Waals surface area contributed by atoms with Gasteiger partial charge >= 0.3 is 0 Å². The number of rotatable bonds is 4. The Hall–Kier alpha value is 0.190. The molecule has 70 valence electrons. The zero-order chi connectivity index (χ0) is 8.86. The highest BCUT2D eigenvalue weighted by Crippen LogP contribution is 2.64. The van der Waals surface area contributed by atoms with Crippen LogP contribution in [0.15, 0.2) is 0 Å². The van der Waals surface area contributed by atoms with E-state index < -0.39 is 9.06 Å². The third-order valence-electron chi connectivity index (χ3n) is 2.37. The Morgan fingerprint density at radius 3 is 2.58 bits per heavy atom. The van der Waals surface area contributed by atoms with E-state index in [1.807, 2.05) is 0 Å². The van der Waals surface area contributed by atoms with E-state index in [9.17, 15) is 0 Å². The van der Waals surface area contributed by atoms with E-state index in [4.69, 9.17) is 5.26 Å². The molecule has 1 nitrogen and oxygen atoms in total. The van der Waals surface area contributed by atoms with Crippen LogP contribution < -0.4 is 0 Å². The van der Waals surface area contributed by atoms with Gasteiger partial charge < -0.3 is 0 Å². The zero-order valence-corrected chi connectivity index (χ0v) is 9.35. The van der Waals surface area contributed by atoms with Crippen molar-refractivity contribution in [3.63, 3.8) is 0 Å². The van der Waals surface area contributed by atoms with Gasteiger partial charge in [-0.25, -0.2) is 0 Å². The largest absolute Gasteiger partial charge is 0.184 e. The minimum atomic E-state index is -0.518. The molecule has 1 heterocycles. The summed E-state index contributed by atoms with van der Waals surface area (Å²) >= 11 is 0. The van der Waals surface area contributed by atoms with Crippen LogP contribution in [-0.2, 0) is 0 Å². The molecule has 1 saturated heterocycles. The van der Waals surface area contributed by atoms with Crippen LogP contribution in [0, 0.1) is 10.7 Å². The molecule has 0 N–H and O–H groups in total. The second-order valence-electron chi connectivity index (χ2n) is 3.31. The molecule has 0 atom stereocenters. The van der Waals surface area contributed by atoms with Crippen molar-refractivity contribution in [3.8, 4) is 5.40 Å². The van der Waals surface area contributed by atoms with Crippen LogP contribution in [0.4, 0.5) is 0 Å². The molecule has 0 aromatic carbocycles. The molecule has 0 aromatic rings. The Morgan fingerprint density at radius 1 is 1.42 bits per heavy atom. The van der Waals surface area contributed by atoms with E-state index >= 15 is 0 Å². The average Bonchev–Trinajstić information content (AvgIpc) is 2.51. The summed E-state index contributed by atoms with van der Waals surface area (Å²) in [6.45, 7) is 2.24. The summed E-state index contributed by atoms with van der Waals surface area (Å²) < 4.78 is 0. The van der Waals surface area contributed by atoms with Gasteiger partial charge in [0.2, 0.25) is 0 Å². The molecular formula is C9H17NS2. The normalized spacial score (nSPS) is 23.3. The number of hydrogen-bond acceptors (Lipinski definition) is 2. The van der Waals surface area contributed by atoms with Crippen molar-refractivity contribution in [2.75, 3.05) is 17.3 Å². The lowest BCUT2D eigenvalue weighted by Crippen LogP contribution is -2.01. The van der Waals surface area contributed by atoms with Gasteiger partial charge in [0, 0.05) is 10.8 Å². The third kappa shape index (κ3) is 2.60. The van der Waals surface area contributed by atoms with Crippen molar-refractivity contribution < 1.29 is 0 Å². The maximum Gasteiger partial charge on any atom is 0.143 e. The number of nitriles is 1. The fourth-order valence-corrected chi connectivity index (χ4v) is 7.23. The number of hydrogen-bond donors (Lipinski definition) is 0. The molecule has 1 aliphatic heterocycles. The topological polar surface area (TPSA) is 23.8 Å². The number of nitrogens with zero attached hydrogens (tertiary/aromatic N) is 1. The predicted octanol–water partition coefficient (Wildman–Crippen LogP) is 3.51. The summed E-state index contributed by atoms with van der Waals surface area (Å²) in [5, 5.41) is 11.0. The van der Waals surface area contributed by atoms with Crippen molar-refractivity contribution >= 4 is 19.9 Å². The zero-order valence-electron chi connectivity index (χ0n) is 7.71. The second-order valence-corrected chi connectivity index (χ2v) is 9.44. The minimum absolute atomic E-state index is 0.518. The molecule has 1 fully saturated rings. The highest BCUT2D eigenvalue weighted by Gasteiger charge is 2.28. The summed E-state index contributed by atoms with van der Waals surface area (Å²) in [6, 6.07) is 0. The molecular weight excluding hydrogens is 186 g/mol. The first-order chi connectivity index (χ1) is 5.83. The Labute approximate surface area is 80.6 Å². The van der Waals surface area contributed by atoms with Gasteiger partial charge in [-0.05, 0) is 36.5 Å². The monoisotopic (exact) mass is 203 g/mol. The van der Waals surface area contributed by atoms with Crippen LogP contribution >= 0.6 is 19.9 Å². The van der Waals surface area contributed by atoms with Crippen molar-refractivity contribution in [2.24, 2.45) is 0 Å². The molecule has 0 saturated carbocycles.